The molecule has 1 aliphatic rings. The molecule has 1 amide bonds. The highest BCUT2D eigenvalue weighted by Crippen LogP contribution is 2.31. The van der Waals surface area contributed by atoms with Gasteiger partial charge in [-0.15, -0.1) is 0 Å². The van der Waals surface area contributed by atoms with Crippen LogP contribution in [0.25, 0.3) is 0 Å². The van der Waals surface area contributed by atoms with Gasteiger partial charge in [-0.2, -0.15) is 0 Å². The van der Waals surface area contributed by atoms with Crippen molar-refractivity contribution in [3.05, 3.63) is 30.1 Å². The number of nitrogens with zero attached hydrogens (tertiary/aromatic N) is 2. The highest BCUT2D eigenvalue weighted by atomic mass is 16.5. The van der Waals surface area contributed by atoms with E-state index in [4.69, 9.17) is 4.74 Å². The normalized spacial score (nSPS) is 21.5. The van der Waals surface area contributed by atoms with E-state index in [0.29, 0.717) is 0 Å². The number of likely N-dealkylation sites (tertiary alicyclic amines) is 1. The van der Waals surface area contributed by atoms with Gasteiger partial charge >= 0.3 is 0 Å². The molecule has 1 aromatic rings. The van der Waals surface area contributed by atoms with Crippen LogP contribution in [0.4, 0.5) is 0 Å². The molecule has 0 radical (unpaired) electrons. The zero-order valence-electron chi connectivity index (χ0n) is 10.3. The van der Waals surface area contributed by atoms with Crippen molar-refractivity contribution in [2.24, 2.45) is 0 Å². The van der Waals surface area contributed by atoms with Crippen LogP contribution in [-0.2, 0) is 9.53 Å². The van der Waals surface area contributed by atoms with E-state index in [1.165, 1.54) is 0 Å². The van der Waals surface area contributed by atoms with E-state index in [1.807, 2.05) is 23.2 Å². The fourth-order valence-electron chi connectivity index (χ4n) is 2.28. The van der Waals surface area contributed by atoms with Crippen LogP contribution in [0.2, 0.25) is 0 Å². The lowest BCUT2D eigenvalue weighted by molar-refractivity contribution is -0.141. The summed E-state index contributed by atoms with van der Waals surface area (Å²) in [6, 6.07) is 4.10. The third kappa shape index (κ3) is 2.47. The standard InChI is InChI=1S/C13H18N2O2/c1-10(17-2)13(16)15-8-4-6-12(15)11-5-3-7-14-9-11/h3,5,7,9-10,12H,4,6,8H2,1-2H3. The molecule has 2 unspecified atom stereocenters. The highest BCUT2D eigenvalue weighted by Gasteiger charge is 2.32. The first kappa shape index (κ1) is 12.0. The molecular formula is C13H18N2O2. The largest absolute Gasteiger partial charge is 0.372 e. The van der Waals surface area contributed by atoms with Crippen molar-refractivity contribution in [3.8, 4) is 0 Å². The molecular weight excluding hydrogens is 216 g/mol. The van der Waals surface area contributed by atoms with E-state index in [-0.39, 0.29) is 18.1 Å². The molecule has 1 fully saturated rings. The maximum atomic E-state index is 12.1. The molecule has 0 spiro atoms. The molecule has 4 nitrogen and oxygen atoms in total. The second kappa shape index (κ2) is 5.27. The topological polar surface area (TPSA) is 42.4 Å². The van der Waals surface area contributed by atoms with Crippen LogP contribution in [0, 0.1) is 0 Å². The van der Waals surface area contributed by atoms with Crippen LogP contribution in [0.1, 0.15) is 31.4 Å². The number of hydrogen-bond donors (Lipinski definition) is 0. The van der Waals surface area contributed by atoms with Crippen molar-refractivity contribution in [3.63, 3.8) is 0 Å². The van der Waals surface area contributed by atoms with Gasteiger partial charge in [0.25, 0.3) is 5.91 Å². The molecule has 0 N–H and O–H groups in total. The molecule has 17 heavy (non-hydrogen) atoms. The molecule has 1 saturated heterocycles. The average Bonchev–Trinajstić information content (AvgIpc) is 2.87. The van der Waals surface area contributed by atoms with Crippen molar-refractivity contribution in [2.75, 3.05) is 13.7 Å². The van der Waals surface area contributed by atoms with Crippen LogP contribution in [0.15, 0.2) is 24.5 Å². The predicted molar refractivity (Wildman–Crippen MR) is 64.4 cm³/mol. The van der Waals surface area contributed by atoms with Gasteiger partial charge in [-0.3, -0.25) is 9.78 Å². The molecule has 2 atom stereocenters. The van der Waals surface area contributed by atoms with Crippen LogP contribution in [0.5, 0.6) is 0 Å². The number of methoxy groups -OCH3 is 1. The number of amides is 1. The van der Waals surface area contributed by atoms with Crippen molar-refractivity contribution in [1.82, 2.24) is 9.88 Å². The Morgan fingerprint density at radius 2 is 2.47 bits per heavy atom. The summed E-state index contributed by atoms with van der Waals surface area (Å²) in [5.41, 5.74) is 1.11. The first-order valence-electron chi connectivity index (χ1n) is 5.97. The Balaban J connectivity index is 2.15. The lowest BCUT2D eigenvalue weighted by atomic mass is 10.1. The molecule has 0 bridgehead atoms. The van der Waals surface area contributed by atoms with Crippen molar-refractivity contribution in [1.29, 1.82) is 0 Å². The Morgan fingerprint density at radius 3 is 3.12 bits per heavy atom. The lowest BCUT2D eigenvalue weighted by Gasteiger charge is -2.27. The second-order valence-corrected chi connectivity index (χ2v) is 4.35. The Morgan fingerprint density at radius 1 is 1.65 bits per heavy atom. The summed E-state index contributed by atoms with van der Waals surface area (Å²) in [5.74, 6) is 0.0684. The Bertz CT molecular complexity index is 380. The van der Waals surface area contributed by atoms with Crippen LogP contribution < -0.4 is 0 Å². The summed E-state index contributed by atoms with van der Waals surface area (Å²) in [6.45, 7) is 2.60. The number of pyridine rings is 1. The maximum Gasteiger partial charge on any atom is 0.251 e. The summed E-state index contributed by atoms with van der Waals surface area (Å²) in [5, 5.41) is 0. The van der Waals surface area contributed by atoms with E-state index >= 15 is 0 Å². The fraction of sp³-hybridized carbons (Fsp3) is 0.538. The summed E-state index contributed by atoms with van der Waals surface area (Å²) in [7, 11) is 1.57. The monoisotopic (exact) mass is 234 g/mol. The average molecular weight is 234 g/mol. The highest BCUT2D eigenvalue weighted by molar-refractivity contribution is 5.81. The Hall–Kier alpha value is -1.42. The van der Waals surface area contributed by atoms with Gasteiger partial charge in [-0.1, -0.05) is 6.07 Å². The zero-order valence-corrected chi connectivity index (χ0v) is 10.3. The summed E-state index contributed by atoms with van der Waals surface area (Å²) in [6.07, 6.45) is 5.28. The van der Waals surface area contributed by atoms with E-state index in [2.05, 4.69) is 4.98 Å². The zero-order chi connectivity index (χ0) is 12.3. The van der Waals surface area contributed by atoms with Gasteiger partial charge in [0.1, 0.15) is 6.10 Å². The Labute approximate surface area is 102 Å². The minimum atomic E-state index is -0.368. The first-order valence-corrected chi connectivity index (χ1v) is 5.97. The Kier molecular flexibility index (Phi) is 3.74. The SMILES string of the molecule is COC(C)C(=O)N1CCCC1c1cccnc1. The number of carbonyl (C=O) groups is 1. The van der Waals surface area contributed by atoms with Gasteiger partial charge in [0.2, 0.25) is 0 Å². The number of rotatable bonds is 3. The number of ether oxygens (including phenoxy) is 1. The van der Waals surface area contributed by atoms with Crippen molar-refractivity contribution >= 4 is 5.91 Å². The van der Waals surface area contributed by atoms with Crippen molar-refractivity contribution < 1.29 is 9.53 Å². The minimum absolute atomic E-state index is 0.0684. The number of carbonyl (C=O) groups excluding carboxylic acids is 1. The van der Waals surface area contributed by atoms with Crippen LogP contribution >= 0.6 is 0 Å². The predicted octanol–water partition coefficient (Wildman–Crippen LogP) is 1.78. The van der Waals surface area contributed by atoms with Gasteiger partial charge in [0.15, 0.2) is 0 Å². The number of aromatic nitrogens is 1. The van der Waals surface area contributed by atoms with Gasteiger partial charge < -0.3 is 9.64 Å². The van der Waals surface area contributed by atoms with E-state index in [1.54, 1.807) is 20.2 Å². The van der Waals surface area contributed by atoms with Gasteiger partial charge in [-0.05, 0) is 31.4 Å². The van der Waals surface area contributed by atoms with E-state index in [9.17, 15) is 4.79 Å². The molecule has 0 aliphatic carbocycles. The summed E-state index contributed by atoms with van der Waals surface area (Å²) < 4.78 is 5.10. The third-order valence-corrected chi connectivity index (χ3v) is 3.31. The molecule has 92 valence electrons. The van der Waals surface area contributed by atoms with Gasteiger partial charge in [-0.25, -0.2) is 0 Å². The summed E-state index contributed by atoms with van der Waals surface area (Å²) in [4.78, 5) is 18.2. The van der Waals surface area contributed by atoms with E-state index < -0.39 is 0 Å². The fourth-order valence-corrected chi connectivity index (χ4v) is 2.28. The molecule has 1 aliphatic heterocycles. The molecule has 4 heteroatoms. The molecule has 1 aromatic heterocycles. The molecule has 0 saturated carbocycles. The van der Waals surface area contributed by atoms with Crippen molar-refractivity contribution in [2.45, 2.75) is 31.9 Å². The summed E-state index contributed by atoms with van der Waals surface area (Å²) >= 11 is 0. The minimum Gasteiger partial charge on any atom is -0.372 e. The maximum absolute atomic E-state index is 12.1. The molecule has 2 heterocycles. The van der Waals surface area contributed by atoms with Crippen LogP contribution in [-0.4, -0.2) is 35.5 Å². The molecule has 0 aromatic carbocycles. The second-order valence-electron chi connectivity index (χ2n) is 4.35. The third-order valence-electron chi connectivity index (χ3n) is 3.31. The van der Waals surface area contributed by atoms with Gasteiger partial charge in [0.05, 0.1) is 6.04 Å². The molecule has 2 rings (SSSR count). The van der Waals surface area contributed by atoms with Crippen LogP contribution in [0.3, 0.4) is 0 Å². The van der Waals surface area contributed by atoms with E-state index in [0.717, 1.165) is 24.9 Å². The lowest BCUT2D eigenvalue weighted by Crippen LogP contribution is -2.38. The smallest absolute Gasteiger partial charge is 0.251 e. The first-order chi connectivity index (χ1) is 8.24. The van der Waals surface area contributed by atoms with Gasteiger partial charge in [0, 0.05) is 26.0 Å². The quantitative estimate of drug-likeness (QED) is 0.800. The number of hydrogen-bond acceptors (Lipinski definition) is 3.